The maximum atomic E-state index is 11.7. The van der Waals surface area contributed by atoms with Crippen LogP contribution in [0.1, 0.15) is 11.1 Å². The molecule has 0 aliphatic rings. The van der Waals surface area contributed by atoms with E-state index in [0.29, 0.717) is 6.54 Å². The molecular weight excluding hydrogens is 276 g/mol. The topological polar surface area (TPSA) is 53.9 Å². The zero-order chi connectivity index (χ0) is 15.4. The van der Waals surface area contributed by atoms with Crippen LogP contribution >= 0.6 is 0 Å². The average molecular weight is 294 g/mol. The second-order valence-corrected chi connectivity index (χ2v) is 5.32. The average Bonchev–Trinajstić information content (AvgIpc) is 3.04. The molecule has 22 heavy (non-hydrogen) atoms. The highest BCUT2D eigenvalue weighted by atomic mass is 16.1. The molecule has 3 rings (SSSR count). The maximum absolute atomic E-state index is 11.7. The Morgan fingerprint density at radius 1 is 1.18 bits per heavy atom. The summed E-state index contributed by atoms with van der Waals surface area (Å²) in [5.74, 6) is 0. The van der Waals surface area contributed by atoms with Crippen LogP contribution in [-0.2, 0) is 13.1 Å². The molecule has 0 spiro atoms. The number of nitrogens with one attached hydrogen (secondary N) is 1. The van der Waals surface area contributed by atoms with Gasteiger partial charge in [-0.25, -0.2) is 4.68 Å². The smallest absolute Gasteiger partial charge is 0.252 e. The van der Waals surface area contributed by atoms with Gasteiger partial charge in [0.15, 0.2) is 0 Å². The van der Waals surface area contributed by atoms with Crippen LogP contribution in [0.5, 0.6) is 0 Å². The molecule has 0 saturated carbocycles. The summed E-state index contributed by atoms with van der Waals surface area (Å²) in [6.45, 7) is 1.38. The second-order valence-electron chi connectivity index (χ2n) is 5.32. The van der Waals surface area contributed by atoms with E-state index in [1.165, 1.54) is 5.56 Å². The van der Waals surface area contributed by atoms with Crippen LogP contribution in [0.15, 0.2) is 65.8 Å². The van der Waals surface area contributed by atoms with Crippen molar-refractivity contribution < 1.29 is 0 Å². The van der Waals surface area contributed by atoms with Gasteiger partial charge in [-0.2, -0.15) is 5.10 Å². The summed E-state index contributed by atoms with van der Waals surface area (Å²) in [6, 6.07) is 13.9. The lowest BCUT2D eigenvalue weighted by atomic mass is 10.2. The van der Waals surface area contributed by atoms with Gasteiger partial charge in [0, 0.05) is 37.2 Å². The molecule has 0 radical (unpaired) electrons. The van der Waals surface area contributed by atoms with Crippen LogP contribution in [0.3, 0.4) is 0 Å². The van der Waals surface area contributed by atoms with Crippen LogP contribution < -0.4 is 5.56 Å². The van der Waals surface area contributed by atoms with Crippen LogP contribution in [0, 0.1) is 0 Å². The van der Waals surface area contributed by atoms with E-state index in [9.17, 15) is 4.79 Å². The molecule has 0 bridgehead atoms. The molecule has 0 unspecified atom stereocenters. The summed E-state index contributed by atoms with van der Waals surface area (Å²) in [5.41, 5.74) is 2.96. The summed E-state index contributed by atoms with van der Waals surface area (Å²) >= 11 is 0. The second kappa shape index (κ2) is 6.41. The predicted molar refractivity (Wildman–Crippen MR) is 85.8 cm³/mol. The van der Waals surface area contributed by atoms with Crippen LogP contribution in [-0.4, -0.2) is 26.7 Å². The summed E-state index contributed by atoms with van der Waals surface area (Å²) in [4.78, 5) is 16.5. The van der Waals surface area contributed by atoms with Gasteiger partial charge in [0.05, 0.1) is 5.69 Å². The van der Waals surface area contributed by atoms with Gasteiger partial charge < -0.3 is 4.98 Å². The van der Waals surface area contributed by atoms with Crippen LogP contribution in [0.4, 0.5) is 0 Å². The quantitative estimate of drug-likeness (QED) is 0.785. The van der Waals surface area contributed by atoms with E-state index >= 15 is 0 Å². The minimum atomic E-state index is -0.0281. The molecule has 2 heterocycles. The predicted octanol–water partition coefficient (Wildman–Crippen LogP) is 2.19. The molecule has 1 aromatic carbocycles. The summed E-state index contributed by atoms with van der Waals surface area (Å²) in [6.07, 6.45) is 5.34. The van der Waals surface area contributed by atoms with Gasteiger partial charge in [-0.05, 0) is 36.9 Å². The first kappa shape index (κ1) is 14.3. The summed E-state index contributed by atoms with van der Waals surface area (Å²) in [5, 5.41) is 4.24. The number of aromatic nitrogens is 3. The number of rotatable bonds is 5. The molecule has 0 saturated heterocycles. The minimum absolute atomic E-state index is 0.0281. The number of hydrogen-bond donors (Lipinski definition) is 1. The molecule has 0 amide bonds. The van der Waals surface area contributed by atoms with Gasteiger partial charge in [-0.1, -0.05) is 18.2 Å². The van der Waals surface area contributed by atoms with E-state index in [0.717, 1.165) is 17.8 Å². The van der Waals surface area contributed by atoms with Crippen molar-refractivity contribution in [2.24, 2.45) is 0 Å². The fraction of sp³-hybridized carbons (Fsp3) is 0.176. The number of pyridine rings is 1. The Kier molecular flexibility index (Phi) is 4.16. The monoisotopic (exact) mass is 294 g/mol. The normalized spacial score (nSPS) is 11.0. The molecule has 1 N–H and O–H groups in total. The van der Waals surface area contributed by atoms with Gasteiger partial charge in [-0.3, -0.25) is 9.69 Å². The van der Waals surface area contributed by atoms with E-state index in [-0.39, 0.29) is 5.56 Å². The highest BCUT2D eigenvalue weighted by Crippen LogP contribution is 2.12. The van der Waals surface area contributed by atoms with Gasteiger partial charge in [0.1, 0.15) is 0 Å². The highest BCUT2D eigenvalue weighted by molar-refractivity contribution is 5.35. The maximum Gasteiger partial charge on any atom is 0.252 e. The lowest BCUT2D eigenvalue weighted by molar-refractivity contribution is 0.317. The first-order valence-corrected chi connectivity index (χ1v) is 7.16. The molecule has 0 fully saturated rings. The Hall–Kier alpha value is -2.66. The molecule has 3 aromatic rings. The highest BCUT2D eigenvalue weighted by Gasteiger charge is 2.06. The largest absolute Gasteiger partial charge is 0.329 e. The Bertz CT molecular complexity index is 792. The Balaban J connectivity index is 1.72. The van der Waals surface area contributed by atoms with Crippen molar-refractivity contribution in [3.05, 3.63) is 82.5 Å². The third kappa shape index (κ3) is 3.32. The first-order chi connectivity index (χ1) is 10.7. The van der Waals surface area contributed by atoms with Crippen molar-refractivity contribution in [3.63, 3.8) is 0 Å². The van der Waals surface area contributed by atoms with Gasteiger partial charge in [0.25, 0.3) is 5.56 Å². The summed E-state index contributed by atoms with van der Waals surface area (Å²) < 4.78 is 1.84. The third-order valence-electron chi connectivity index (χ3n) is 3.47. The number of hydrogen-bond acceptors (Lipinski definition) is 3. The van der Waals surface area contributed by atoms with E-state index in [1.807, 2.05) is 48.3 Å². The van der Waals surface area contributed by atoms with Crippen molar-refractivity contribution in [2.75, 3.05) is 7.05 Å². The van der Waals surface area contributed by atoms with E-state index < -0.39 is 0 Å². The standard InChI is InChI=1S/C17H18N4O/c1-20(13-15-6-3-8-18-17(15)22)12-14-5-2-7-16(11-14)21-10-4-9-19-21/h2-11H,12-13H2,1H3,(H,18,22). The van der Waals surface area contributed by atoms with Crippen LogP contribution in [0.2, 0.25) is 0 Å². The molecule has 5 heteroatoms. The number of benzene rings is 1. The Morgan fingerprint density at radius 3 is 2.86 bits per heavy atom. The minimum Gasteiger partial charge on any atom is -0.329 e. The number of nitrogens with zero attached hydrogens (tertiary/aromatic N) is 3. The molecule has 2 aromatic heterocycles. The molecule has 0 aliphatic heterocycles. The Labute approximate surface area is 128 Å². The number of H-pyrrole nitrogens is 1. The van der Waals surface area contributed by atoms with E-state index in [2.05, 4.69) is 27.1 Å². The lowest BCUT2D eigenvalue weighted by Crippen LogP contribution is -2.22. The SMILES string of the molecule is CN(Cc1cccc(-n2cccn2)c1)Cc1ccc[nH]c1=O. The molecule has 0 aliphatic carbocycles. The van der Waals surface area contributed by atoms with E-state index in [4.69, 9.17) is 0 Å². The first-order valence-electron chi connectivity index (χ1n) is 7.16. The molecule has 0 atom stereocenters. The van der Waals surface area contributed by atoms with Crippen molar-refractivity contribution in [3.8, 4) is 5.69 Å². The van der Waals surface area contributed by atoms with Crippen molar-refractivity contribution in [1.29, 1.82) is 0 Å². The molecule has 5 nitrogen and oxygen atoms in total. The van der Waals surface area contributed by atoms with Gasteiger partial charge in [0.2, 0.25) is 0 Å². The van der Waals surface area contributed by atoms with Crippen LogP contribution in [0.25, 0.3) is 5.69 Å². The van der Waals surface area contributed by atoms with Gasteiger partial charge in [-0.15, -0.1) is 0 Å². The fourth-order valence-electron chi connectivity index (χ4n) is 2.46. The van der Waals surface area contributed by atoms with E-state index in [1.54, 1.807) is 12.4 Å². The summed E-state index contributed by atoms with van der Waals surface area (Å²) in [7, 11) is 2.01. The third-order valence-corrected chi connectivity index (χ3v) is 3.47. The Morgan fingerprint density at radius 2 is 2.09 bits per heavy atom. The lowest BCUT2D eigenvalue weighted by Gasteiger charge is -2.16. The van der Waals surface area contributed by atoms with Crippen molar-refractivity contribution >= 4 is 0 Å². The van der Waals surface area contributed by atoms with Gasteiger partial charge >= 0.3 is 0 Å². The van der Waals surface area contributed by atoms with Crippen molar-refractivity contribution in [1.82, 2.24) is 19.7 Å². The molecule has 112 valence electrons. The number of aromatic amines is 1. The fourth-order valence-corrected chi connectivity index (χ4v) is 2.46. The zero-order valence-electron chi connectivity index (χ0n) is 12.4. The molecular formula is C17H18N4O. The zero-order valence-corrected chi connectivity index (χ0v) is 12.4. The van der Waals surface area contributed by atoms with Crippen molar-refractivity contribution in [2.45, 2.75) is 13.1 Å².